The van der Waals surface area contributed by atoms with Crippen molar-refractivity contribution in [1.29, 1.82) is 0 Å². The smallest absolute Gasteiger partial charge is 0.337 e. The van der Waals surface area contributed by atoms with Gasteiger partial charge >= 0.3 is 5.97 Å². The highest BCUT2D eigenvalue weighted by atomic mass is 19.3. The van der Waals surface area contributed by atoms with Gasteiger partial charge in [0.2, 0.25) is 6.43 Å². The van der Waals surface area contributed by atoms with Crippen LogP contribution in [0.4, 0.5) is 8.78 Å². The highest BCUT2D eigenvalue weighted by Crippen LogP contribution is 2.19. The minimum Gasteiger partial charge on any atom is -0.465 e. The third-order valence-corrected chi connectivity index (χ3v) is 3.82. The molecular formula is C19H16F2N2O2. The van der Waals surface area contributed by atoms with Crippen LogP contribution in [-0.2, 0) is 17.6 Å². The number of carbonyl (C=O) groups excluding carboxylic acids is 1. The predicted molar refractivity (Wildman–Crippen MR) is 89.8 cm³/mol. The van der Waals surface area contributed by atoms with Crippen LogP contribution in [0.2, 0.25) is 0 Å². The molecule has 0 saturated carbocycles. The number of ether oxygens (including phenoxy) is 1. The van der Waals surface area contributed by atoms with Gasteiger partial charge in [-0.2, -0.15) is 0 Å². The van der Waals surface area contributed by atoms with Crippen molar-refractivity contribution in [3.63, 3.8) is 0 Å². The Balaban J connectivity index is 1.87. The molecule has 0 amide bonds. The van der Waals surface area contributed by atoms with Gasteiger partial charge in [0.05, 0.1) is 18.2 Å². The van der Waals surface area contributed by atoms with Gasteiger partial charge in [0.25, 0.3) is 0 Å². The first kappa shape index (κ1) is 17.0. The molecule has 2 heterocycles. The Kier molecular flexibility index (Phi) is 4.97. The Labute approximate surface area is 143 Å². The third-order valence-electron chi connectivity index (χ3n) is 3.82. The Hall–Kier alpha value is -2.89. The van der Waals surface area contributed by atoms with Crippen molar-refractivity contribution in [2.45, 2.75) is 19.3 Å². The second-order valence-electron chi connectivity index (χ2n) is 5.67. The molecule has 128 valence electrons. The molecule has 0 saturated heterocycles. The van der Waals surface area contributed by atoms with Gasteiger partial charge in [0.1, 0.15) is 0 Å². The number of aromatic nitrogens is 2. The number of nitrogens with zero attached hydrogens (tertiary/aromatic N) is 2. The summed E-state index contributed by atoms with van der Waals surface area (Å²) >= 11 is 0. The maximum atomic E-state index is 12.5. The summed E-state index contributed by atoms with van der Waals surface area (Å²) in [6.07, 6.45) is 0.851. The molecule has 0 aliphatic rings. The maximum Gasteiger partial charge on any atom is 0.337 e. The van der Waals surface area contributed by atoms with E-state index in [4.69, 9.17) is 4.74 Å². The zero-order chi connectivity index (χ0) is 17.8. The van der Waals surface area contributed by atoms with E-state index < -0.39 is 12.4 Å². The van der Waals surface area contributed by atoms with Crippen molar-refractivity contribution >= 4 is 16.9 Å². The van der Waals surface area contributed by atoms with Crippen LogP contribution in [0.1, 0.15) is 27.2 Å². The molecule has 0 spiro atoms. The highest BCUT2D eigenvalue weighted by Gasteiger charge is 2.09. The molecule has 0 aliphatic carbocycles. The van der Waals surface area contributed by atoms with E-state index >= 15 is 0 Å². The summed E-state index contributed by atoms with van der Waals surface area (Å²) in [5, 5.41) is 0.805. The Bertz CT molecular complexity index is 913. The summed E-state index contributed by atoms with van der Waals surface area (Å²) in [5.41, 5.74) is 3.37. The molecule has 6 heteroatoms. The summed E-state index contributed by atoms with van der Waals surface area (Å²) < 4.78 is 29.8. The van der Waals surface area contributed by atoms with Crippen molar-refractivity contribution in [2.24, 2.45) is 0 Å². The van der Waals surface area contributed by atoms with Crippen molar-refractivity contribution in [3.8, 4) is 0 Å². The topological polar surface area (TPSA) is 52.1 Å². The van der Waals surface area contributed by atoms with E-state index in [1.54, 1.807) is 24.4 Å². The summed E-state index contributed by atoms with van der Waals surface area (Å²) in [6, 6.07) is 10.7. The summed E-state index contributed by atoms with van der Waals surface area (Å²) in [5.74, 6) is -0.414. The van der Waals surface area contributed by atoms with Gasteiger partial charge in [-0.1, -0.05) is 6.07 Å². The molecular weight excluding hydrogens is 326 g/mol. The molecule has 0 fully saturated rings. The lowest BCUT2D eigenvalue weighted by Gasteiger charge is -2.07. The minimum atomic E-state index is -2.40. The zero-order valence-corrected chi connectivity index (χ0v) is 13.6. The number of methoxy groups -OCH3 is 1. The summed E-state index contributed by atoms with van der Waals surface area (Å²) in [7, 11) is 1.33. The number of alkyl halides is 2. The van der Waals surface area contributed by atoms with Crippen LogP contribution < -0.4 is 0 Å². The van der Waals surface area contributed by atoms with Crippen LogP contribution in [0.5, 0.6) is 0 Å². The Morgan fingerprint density at radius 3 is 2.68 bits per heavy atom. The van der Waals surface area contributed by atoms with E-state index in [-0.39, 0.29) is 6.42 Å². The SMILES string of the molecule is COC(=O)c1ccnc(Cc2ccc3ncc(CC(F)F)cc3c2)c1. The Morgan fingerprint density at radius 1 is 1.12 bits per heavy atom. The quantitative estimate of drug-likeness (QED) is 0.662. The van der Waals surface area contributed by atoms with E-state index in [0.717, 1.165) is 22.2 Å². The lowest BCUT2D eigenvalue weighted by atomic mass is 10.0. The van der Waals surface area contributed by atoms with Gasteiger partial charge in [-0.05, 0) is 41.5 Å². The zero-order valence-electron chi connectivity index (χ0n) is 13.6. The number of pyridine rings is 2. The van der Waals surface area contributed by atoms with Crippen LogP contribution in [0.3, 0.4) is 0 Å². The number of hydrogen-bond acceptors (Lipinski definition) is 4. The van der Waals surface area contributed by atoms with Crippen LogP contribution in [0, 0.1) is 0 Å². The number of halogens is 2. The van der Waals surface area contributed by atoms with Crippen LogP contribution >= 0.6 is 0 Å². The first-order chi connectivity index (χ1) is 12.0. The largest absolute Gasteiger partial charge is 0.465 e. The second-order valence-corrected chi connectivity index (χ2v) is 5.67. The average Bonchev–Trinajstić information content (AvgIpc) is 2.60. The molecule has 3 aromatic rings. The van der Waals surface area contributed by atoms with Crippen molar-refractivity contribution in [2.75, 3.05) is 7.11 Å². The third kappa shape index (κ3) is 4.15. The van der Waals surface area contributed by atoms with Crippen molar-refractivity contribution in [1.82, 2.24) is 9.97 Å². The van der Waals surface area contributed by atoms with E-state index in [1.807, 2.05) is 18.2 Å². The number of esters is 1. The maximum absolute atomic E-state index is 12.5. The van der Waals surface area contributed by atoms with Crippen LogP contribution in [0.25, 0.3) is 10.9 Å². The Morgan fingerprint density at radius 2 is 1.92 bits per heavy atom. The van der Waals surface area contributed by atoms with Gasteiger partial charge < -0.3 is 4.74 Å². The van der Waals surface area contributed by atoms with E-state index in [0.29, 0.717) is 17.5 Å². The number of benzene rings is 1. The molecule has 1 aromatic carbocycles. The number of fused-ring (bicyclic) bond motifs is 1. The molecule has 2 aromatic heterocycles. The van der Waals surface area contributed by atoms with Crippen molar-refractivity contribution in [3.05, 3.63) is 71.2 Å². The van der Waals surface area contributed by atoms with E-state index in [9.17, 15) is 13.6 Å². The minimum absolute atomic E-state index is 0.310. The molecule has 4 nitrogen and oxygen atoms in total. The van der Waals surface area contributed by atoms with E-state index in [1.165, 1.54) is 13.3 Å². The average molecular weight is 342 g/mol. The molecule has 0 N–H and O–H groups in total. The van der Waals surface area contributed by atoms with Gasteiger partial charge in [-0.15, -0.1) is 0 Å². The van der Waals surface area contributed by atoms with Gasteiger partial charge in [-0.25, -0.2) is 13.6 Å². The van der Waals surface area contributed by atoms with Gasteiger partial charge in [0, 0.05) is 36.3 Å². The van der Waals surface area contributed by atoms with Crippen molar-refractivity contribution < 1.29 is 18.3 Å². The molecule has 25 heavy (non-hydrogen) atoms. The van der Waals surface area contributed by atoms with Crippen LogP contribution in [-0.4, -0.2) is 29.5 Å². The van der Waals surface area contributed by atoms with Crippen LogP contribution in [0.15, 0.2) is 48.8 Å². The molecule has 0 bridgehead atoms. The molecule has 0 atom stereocenters. The van der Waals surface area contributed by atoms with Gasteiger partial charge in [-0.3, -0.25) is 9.97 Å². The highest BCUT2D eigenvalue weighted by molar-refractivity contribution is 5.89. The lowest BCUT2D eigenvalue weighted by molar-refractivity contribution is 0.0600. The summed E-state index contributed by atoms with van der Waals surface area (Å²) in [6.45, 7) is 0. The van der Waals surface area contributed by atoms with Gasteiger partial charge in [0.15, 0.2) is 0 Å². The second kappa shape index (κ2) is 7.34. The number of carbonyl (C=O) groups is 1. The normalized spacial score (nSPS) is 11.0. The molecule has 0 unspecified atom stereocenters. The monoisotopic (exact) mass is 342 g/mol. The molecule has 3 rings (SSSR count). The standard InChI is InChI=1S/C19H16F2N2O2/c1-25-19(24)14-4-5-22-16(10-14)8-12-2-3-17-15(6-12)7-13(11-23-17)9-18(20)21/h2-7,10-11,18H,8-9H2,1H3. The number of rotatable bonds is 5. The fourth-order valence-electron chi connectivity index (χ4n) is 2.66. The number of hydrogen-bond donors (Lipinski definition) is 0. The lowest BCUT2D eigenvalue weighted by Crippen LogP contribution is -2.03. The fourth-order valence-corrected chi connectivity index (χ4v) is 2.66. The fraction of sp³-hybridized carbons (Fsp3) is 0.211. The molecule has 0 radical (unpaired) electrons. The first-order valence-corrected chi connectivity index (χ1v) is 7.74. The molecule has 0 aliphatic heterocycles. The summed E-state index contributed by atoms with van der Waals surface area (Å²) in [4.78, 5) is 20.1. The first-order valence-electron chi connectivity index (χ1n) is 7.74. The van der Waals surface area contributed by atoms with E-state index in [2.05, 4.69) is 9.97 Å². The predicted octanol–water partition coefficient (Wildman–Crippen LogP) is 3.81.